The van der Waals surface area contributed by atoms with Crippen molar-refractivity contribution in [3.63, 3.8) is 0 Å². The minimum Gasteiger partial charge on any atom is -0.496 e. The van der Waals surface area contributed by atoms with Crippen LogP contribution in [0.15, 0.2) is 24.3 Å². The van der Waals surface area contributed by atoms with E-state index in [2.05, 4.69) is 24.4 Å². The lowest BCUT2D eigenvalue weighted by atomic mass is 10.1. The van der Waals surface area contributed by atoms with Gasteiger partial charge in [0.15, 0.2) is 0 Å². The summed E-state index contributed by atoms with van der Waals surface area (Å²) in [7, 11) is 1.74. The first kappa shape index (κ1) is 13.0. The van der Waals surface area contributed by atoms with Crippen molar-refractivity contribution >= 4 is 0 Å². The van der Waals surface area contributed by atoms with Gasteiger partial charge in [0.25, 0.3) is 0 Å². The normalized spacial score (nSPS) is 10.4. The van der Waals surface area contributed by atoms with Crippen LogP contribution in [0.4, 0.5) is 0 Å². The fraction of sp³-hybridized carbons (Fsp3) is 0.571. The van der Waals surface area contributed by atoms with Gasteiger partial charge in [-0.05, 0) is 50.4 Å². The molecule has 1 rings (SSSR count). The summed E-state index contributed by atoms with van der Waals surface area (Å²) < 4.78 is 5.33. The van der Waals surface area contributed by atoms with Crippen LogP contribution in [0.2, 0.25) is 0 Å². The highest BCUT2D eigenvalue weighted by molar-refractivity contribution is 5.33. The number of nitrogens with one attached hydrogen (secondary N) is 1. The van der Waals surface area contributed by atoms with Crippen LogP contribution in [-0.2, 0) is 6.42 Å². The number of para-hydroxylation sites is 1. The summed E-state index contributed by atoms with van der Waals surface area (Å²) in [5, 5.41) is 3.42. The lowest BCUT2D eigenvalue weighted by molar-refractivity contribution is 0.409. The van der Waals surface area contributed by atoms with Gasteiger partial charge in [-0.3, -0.25) is 0 Å². The standard InChI is InChI=1S/C14H23NO/c1-3-11-15-12-7-6-9-13-8-4-5-10-14(13)16-2/h4-5,8,10,15H,3,6-7,9,11-12H2,1-2H3. The van der Waals surface area contributed by atoms with E-state index < -0.39 is 0 Å². The highest BCUT2D eigenvalue weighted by Crippen LogP contribution is 2.19. The van der Waals surface area contributed by atoms with Gasteiger partial charge in [0.05, 0.1) is 7.11 Å². The van der Waals surface area contributed by atoms with Gasteiger partial charge in [0, 0.05) is 0 Å². The minimum atomic E-state index is 1.02. The molecular weight excluding hydrogens is 198 g/mol. The van der Waals surface area contributed by atoms with Crippen LogP contribution in [0.1, 0.15) is 31.7 Å². The largest absolute Gasteiger partial charge is 0.496 e. The van der Waals surface area contributed by atoms with E-state index in [-0.39, 0.29) is 0 Å². The Morgan fingerprint density at radius 3 is 2.69 bits per heavy atom. The van der Waals surface area contributed by atoms with E-state index in [1.165, 1.54) is 24.8 Å². The molecule has 0 bridgehead atoms. The smallest absolute Gasteiger partial charge is 0.122 e. The molecule has 0 saturated carbocycles. The molecule has 0 radical (unpaired) electrons. The molecule has 0 amide bonds. The van der Waals surface area contributed by atoms with Gasteiger partial charge in [-0.1, -0.05) is 25.1 Å². The van der Waals surface area contributed by atoms with Crippen molar-refractivity contribution < 1.29 is 4.74 Å². The van der Waals surface area contributed by atoms with E-state index in [4.69, 9.17) is 4.74 Å². The zero-order valence-electron chi connectivity index (χ0n) is 10.5. The number of unbranched alkanes of at least 4 members (excludes halogenated alkanes) is 1. The molecule has 0 aromatic heterocycles. The Balaban J connectivity index is 2.21. The number of hydrogen-bond acceptors (Lipinski definition) is 2. The van der Waals surface area contributed by atoms with Crippen molar-refractivity contribution in [2.75, 3.05) is 20.2 Å². The Labute approximate surface area is 99.0 Å². The van der Waals surface area contributed by atoms with Crippen molar-refractivity contribution in [3.05, 3.63) is 29.8 Å². The molecule has 2 nitrogen and oxygen atoms in total. The number of methoxy groups -OCH3 is 1. The Bertz CT molecular complexity index is 286. The molecule has 0 atom stereocenters. The second-order valence-corrected chi connectivity index (χ2v) is 4.02. The van der Waals surface area contributed by atoms with Crippen molar-refractivity contribution in [2.24, 2.45) is 0 Å². The summed E-state index contributed by atoms with van der Waals surface area (Å²) in [5.41, 5.74) is 1.32. The molecule has 0 heterocycles. The summed E-state index contributed by atoms with van der Waals surface area (Å²) in [4.78, 5) is 0. The fourth-order valence-corrected chi connectivity index (χ4v) is 1.78. The van der Waals surface area contributed by atoms with E-state index in [0.29, 0.717) is 0 Å². The number of ether oxygens (including phenoxy) is 1. The van der Waals surface area contributed by atoms with Crippen LogP contribution in [0, 0.1) is 0 Å². The van der Waals surface area contributed by atoms with E-state index in [1.807, 2.05) is 12.1 Å². The quantitative estimate of drug-likeness (QED) is 0.681. The maximum atomic E-state index is 5.33. The summed E-state index contributed by atoms with van der Waals surface area (Å²) in [5.74, 6) is 1.02. The Kier molecular flexibility index (Phi) is 6.66. The Morgan fingerprint density at radius 2 is 1.94 bits per heavy atom. The monoisotopic (exact) mass is 221 g/mol. The molecular formula is C14H23NO. The molecule has 1 aromatic carbocycles. The molecule has 2 heteroatoms. The molecule has 0 unspecified atom stereocenters. The number of benzene rings is 1. The summed E-state index contributed by atoms with van der Waals surface area (Å²) in [6.45, 7) is 4.46. The van der Waals surface area contributed by atoms with Crippen molar-refractivity contribution in [1.82, 2.24) is 5.32 Å². The van der Waals surface area contributed by atoms with Crippen LogP contribution >= 0.6 is 0 Å². The molecule has 0 aliphatic carbocycles. The topological polar surface area (TPSA) is 21.3 Å². The molecule has 1 N–H and O–H groups in total. The predicted molar refractivity (Wildman–Crippen MR) is 69.1 cm³/mol. The number of aryl methyl sites for hydroxylation is 1. The predicted octanol–water partition coefficient (Wildman–Crippen LogP) is 3.02. The van der Waals surface area contributed by atoms with Gasteiger partial charge in [-0.2, -0.15) is 0 Å². The first-order chi connectivity index (χ1) is 7.88. The van der Waals surface area contributed by atoms with E-state index in [0.717, 1.165) is 25.3 Å². The SMILES string of the molecule is CCCNCCCCc1ccccc1OC. The first-order valence-electron chi connectivity index (χ1n) is 6.21. The van der Waals surface area contributed by atoms with Gasteiger partial charge >= 0.3 is 0 Å². The molecule has 0 saturated heterocycles. The third-order valence-electron chi connectivity index (χ3n) is 2.67. The summed E-state index contributed by atoms with van der Waals surface area (Å²) in [6.07, 6.45) is 4.78. The third kappa shape index (κ3) is 4.67. The average molecular weight is 221 g/mol. The fourth-order valence-electron chi connectivity index (χ4n) is 1.78. The first-order valence-corrected chi connectivity index (χ1v) is 6.21. The van der Waals surface area contributed by atoms with Crippen LogP contribution < -0.4 is 10.1 Å². The second kappa shape index (κ2) is 8.17. The molecule has 0 fully saturated rings. The van der Waals surface area contributed by atoms with Crippen molar-refractivity contribution in [2.45, 2.75) is 32.6 Å². The maximum absolute atomic E-state index is 5.33. The Hall–Kier alpha value is -1.02. The lowest BCUT2D eigenvalue weighted by Crippen LogP contribution is -2.15. The van der Waals surface area contributed by atoms with Crippen molar-refractivity contribution in [1.29, 1.82) is 0 Å². The molecule has 1 aromatic rings. The molecule has 16 heavy (non-hydrogen) atoms. The summed E-state index contributed by atoms with van der Waals surface area (Å²) in [6, 6.07) is 8.28. The molecule has 0 aliphatic rings. The van der Waals surface area contributed by atoms with Gasteiger partial charge in [-0.25, -0.2) is 0 Å². The Morgan fingerprint density at radius 1 is 1.12 bits per heavy atom. The highest BCUT2D eigenvalue weighted by atomic mass is 16.5. The van der Waals surface area contributed by atoms with Gasteiger partial charge in [0.1, 0.15) is 5.75 Å². The van der Waals surface area contributed by atoms with Crippen molar-refractivity contribution in [3.8, 4) is 5.75 Å². The van der Waals surface area contributed by atoms with E-state index >= 15 is 0 Å². The molecule has 90 valence electrons. The average Bonchev–Trinajstić information content (AvgIpc) is 2.34. The van der Waals surface area contributed by atoms with Gasteiger partial charge < -0.3 is 10.1 Å². The van der Waals surface area contributed by atoms with Gasteiger partial charge in [-0.15, -0.1) is 0 Å². The van der Waals surface area contributed by atoms with Crippen LogP contribution in [0.5, 0.6) is 5.75 Å². The zero-order valence-corrected chi connectivity index (χ0v) is 10.5. The minimum absolute atomic E-state index is 1.02. The number of rotatable bonds is 8. The maximum Gasteiger partial charge on any atom is 0.122 e. The zero-order chi connectivity index (χ0) is 11.6. The van der Waals surface area contributed by atoms with Crippen LogP contribution in [0.3, 0.4) is 0 Å². The lowest BCUT2D eigenvalue weighted by Gasteiger charge is -2.08. The molecule has 0 aliphatic heterocycles. The van der Waals surface area contributed by atoms with E-state index in [1.54, 1.807) is 7.11 Å². The third-order valence-corrected chi connectivity index (χ3v) is 2.67. The number of hydrogen-bond donors (Lipinski definition) is 1. The second-order valence-electron chi connectivity index (χ2n) is 4.02. The van der Waals surface area contributed by atoms with Gasteiger partial charge in [0.2, 0.25) is 0 Å². The molecule has 0 spiro atoms. The summed E-state index contributed by atoms with van der Waals surface area (Å²) >= 11 is 0. The van der Waals surface area contributed by atoms with E-state index in [9.17, 15) is 0 Å². The van der Waals surface area contributed by atoms with Crippen LogP contribution in [-0.4, -0.2) is 20.2 Å². The van der Waals surface area contributed by atoms with Crippen LogP contribution in [0.25, 0.3) is 0 Å². The highest BCUT2D eigenvalue weighted by Gasteiger charge is 2.00.